The smallest absolute Gasteiger partial charge is 0.278 e. The highest BCUT2D eigenvalue weighted by Crippen LogP contribution is 2.29. The maximum atomic E-state index is 12.8. The molecule has 1 aromatic carbocycles. The minimum Gasteiger partial charge on any atom is -0.286 e. The molecule has 0 spiro atoms. The molecule has 124 valence electrons. The van der Waals surface area contributed by atoms with Gasteiger partial charge in [0.15, 0.2) is 5.17 Å². The van der Waals surface area contributed by atoms with Crippen molar-refractivity contribution in [2.75, 3.05) is 12.3 Å². The molecular weight excluding hydrogens is 318 g/mol. The van der Waals surface area contributed by atoms with Gasteiger partial charge in [-0.1, -0.05) is 49.9 Å². The zero-order valence-electron chi connectivity index (χ0n) is 14.0. The fourth-order valence-electron chi connectivity index (χ4n) is 2.65. The SMILES string of the molecule is CC(C)c1ccccc1N=C1SCCCN1C(=O)c1ccccn1. The Morgan fingerprint density at radius 1 is 1.21 bits per heavy atom. The van der Waals surface area contributed by atoms with E-state index in [9.17, 15) is 4.79 Å². The summed E-state index contributed by atoms with van der Waals surface area (Å²) in [6.45, 7) is 5.00. The van der Waals surface area contributed by atoms with E-state index in [-0.39, 0.29) is 5.91 Å². The standard InChI is InChI=1S/C19H21N3OS/c1-14(2)15-8-3-4-9-16(15)21-19-22(12-7-13-24-19)18(23)17-10-5-6-11-20-17/h3-6,8-11,14H,7,12-13H2,1-2H3. The summed E-state index contributed by atoms with van der Waals surface area (Å²) >= 11 is 1.64. The number of thioether (sulfide) groups is 1. The number of pyridine rings is 1. The fraction of sp³-hybridized carbons (Fsp3) is 0.316. The lowest BCUT2D eigenvalue weighted by Crippen LogP contribution is -2.39. The number of hydrogen-bond donors (Lipinski definition) is 0. The molecule has 2 aromatic rings. The van der Waals surface area contributed by atoms with Crippen molar-refractivity contribution in [2.24, 2.45) is 4.99 Å². The molecule has 1 aromatic heterocycles. The molecule has 1 aliphatic heterocycles. The highest BCUT2D eigenvalue weighted by molar-refractivity contribution is 8.13. The molecule has 1 aliphatic rings. The highest BCUT2D eigenvalue weighted by atomic mass is 32.2. The lowest BCUT2D eigenvalue weighted by Gasteiger charge is -2.27. The van der Waals surface area contributed by atoms with Gasteiger partial charge in [-0.05, 0) is 36.1 Å². The minimum absolute atomic E-state index is 0.0800. The second kappa shape index (κ2) is 7.62. The second-order valence-electron chi connectivity index (χ2n) is 5.98. The second-order valence-corrected chi connectivity index (χ2v) is 7.04. The topological polar surface area (TPSA) is 45.6 Å². The maximum Gasteiger partial charge on any atom is 0.278 e. The van der Waals surface area contributed by atoms with E-state index < -0.39 is 0 Å². The van der Waals surface area contributed by atoms with Gasteiger partial charge in [0.2, 0.25) is 0 Å². The van der Waals surface area contributed by atoms with E-state index in [4.69, 9.17) is 4.99 Å². The lowest BCUT2D eigenvalue weighted by molar-refractivity contribution is 0.0843. The van der Waals surface area contributed by atoms with E-state index >= 15 is 0 Å². The number of amidine groups is 1. The van der Waals surface area contributed by atoms with Gasteiger partial charge in [0.25, 0.3) is 5.91 Å². The summed E-state index contributed by atoms with van der Waals surface area (Å²) in [5.74, 6) is 1.29. The summed E-state index contributed by atoms with van der Waals surface area (Å²) in [5.41, 5.74) is 2.60. The molecule has 0 unspecified atom stereocenters. The summed E-state index contributed by atoms with van der Waals surface area (Å²) in [6.07, 6.45) is 2.61. The first-order valence-corrected chi connectivity index (χ1v) is 9.18. The van der Waals surface area contributed by atoms with Crippen LogP contribution in [0.4, 0.5) is 5.69 Å². The van der Waals surface area contributed by atoms with Gasteiger partial charge in [0.05, 0.1) is 5.69 Å². The van der Waals surface area contributed by atoms with Crippen LogP contribution in [0, 0.1) is 0 Å². The van der Waals surface area contributed by atoms with E-state index in [1.54, 1.807) is 28.9 Å². The number of carbonyl (C=O) groups is 1. The number of para-hydroxylation sites is 1. The van der Waals surface area contributed by atoms with Crippen molar-refractivity contribution >= 4 is 28.5 Å². The third kappa shape index (κ3) is 3.67. The molecule has 0 N–H and O–H groups in total. The van der Waals surface area contributed by atoms with E-state index in [0.29, 0.717) is 18.2 Å². The van der Waals surface area contributed by atoms with Gasteiger partial charge < -0.3 is 0 Å². The van der Waals surface area contributed by atoms with E-state index in [0.717, 1.165) is 23.0 Å². The number of benzene rings is 1. The van der Waals surface area contributed by atoms with Gasteiger partial charge in [0, 0.05) is 18.5 Å². The van der Waals surface area contributed by atoms with Crippen LogP contribution in [0.1, 0.15) is 42.2 Å². The van der Waals surface area contributed by atoms with Crippen molar-refractivity contribution in [3.05, 3.63) is 59.9 Å². The van der Waals surface area contributed by atoms with Crippen LogP contribution >= 0.6 is 11.8 Å². The summed E-state index contributed by atoms with van der Waals surface area (Å²) in [4.78, 5) is 23.6. The average molecular weight is 339 g/mol. The monoisotopic (exact) mass is 339 g/mol. The van der Waals surface area contributed by atoms with Crippen LogP contribution in [0.5, 0.6) is 0 Å². The molecule has 0 saturated carbocycles. The van der Waals surface area contributed by atoms with Crippen LogP contribution in [0.2, 0.25) is 0 Å². The van der Waals surface area contributed by atoms with E-state index in [1.807, 2.05) is 30.3 Å². The molecule has 2 heterocycles. The Kier molecular flexibility index (Phi) is 5.30. The van der Waals surface area contributed by atoms with Gasteiger partial charge in [-0.2, -0.15) is 0 Å². The molecule has 3 rings (SSSR count). The molecular formula is C19H21N3OS. The van der Waals surface area contributed by atoms with Crippen molar-refractivity contribution in [1.82, 2.24) is 9.88 Å². The van der Waals surface area contributed by atoms with Gasteiger partial charge in [0.1, 0.15) is 5.69 Å². The van der Waals surface area contributed by atoms with Crippen LogP contribution in [0.25, 0.3) is 0 Å². The van der Waals surface area contributed by atoms with Gasteiger partial charge >= 0.3 is 0 Å². The van der Waals surface area contributed by atoms with Crippen molar-refractivity contribution in [1.29, 1.82) is 0 Å². The van der Waals surface area contributed by atoms with Crippen LogP contribution in [0.15, 0.2) is 53.7 Å². The Morgan fingerprint density at radius 2 is 2.00 bits per heavy atom. The van der Waals surface area contributed by atoms with E-state index in [2.05, 4.69) is 24.9 Å². The first-order chi connectivity index (χ1) is 11.7. The van der Waals surface area contributed by atoms with Gasteiger partial charge in [-0.25, -0.2) is 4.99 Å². The molecule has 1 amide bonds. The first-order valence-electron chi connectivity index (χ1n) is 8.20. The van der Waals surface area contributed by atoms with Crippen molar-refractivity contribution in [3.63, 3.8) is 0 Å². The Labute approximate surface area is 147 Å². The van der Waals surface area contributed by atoms with Gasteiger partial charge in [-0.15, -0.1) is 0 Å². The summed E-state index contributed by atoms with van der Waals surface area (Å²) in [5, 5.41) is 0.769. The Balaban J connectivity index is 1.94. The molecule has 4 nitrogen and oxygen atoms in total. The Hall–Kier alpha value is -2.14. The van der Waals surface area contributed by atoms with Crippen LogP contribution < -0.4 is 0 Å². The molecule has 0 radical (unpaired) electrons. The third-order valence-electron chi connectivity index (χ3n) is 3.89. The van der Waals surface area contributed by atoms with Crippen LogP contribution in [-0.4, -0.2) is 33.3 Å². The molecule has 5 heteroatoms. The molecule has 0 bridgehead atoms. The highest BCUT2D eigenvalue weighted by Gasteiger charge is 2.25. The number of hydrogen-bond acceptors (Lipinski definition) is 4. The van der Waals surface area contributed by atoms with Crippen molar-refractivity contribution in [2.45, 2.75) is 26.2 Å². The summed E-state index contributed by atoms with van der Waals surface area (Å²) < 4.78 is 0. The number of rotatable bonds is 3. The largest absolute Gasteiger partial charge is 0.286 e. The zero-order chi connectivity index (χ0) is 16.9. The predicted octanol–water partition coefficient (Wildman–Crippen LogP) is 4.47. The number of amides is 1. The third-order valence-corrected chi connectivity index (χ3v) is 4.95. The van der Waals surface area contributed by atoms with Gasteiger partial charge in [-0.3, -0.25) is 14.7 Å². The zero-order valence-corrected chi connectivity index (χ0v) is 14.8. The molecule has 0 atom stereocenters. The molecule has 1 saturated heterocycles. The Morgan fingerprint density at radius 3 is 2.75 bits per heavy atom. The van der Waals surface area contributed by atoms with Crippen LogP contribution in [-0.2, 0) is 0 Å². The number of nitrogens with zero attached hydrogens (tertiary/aromatic N) is 3. The summed E-state index contributed by atoms with van der Waals surface area (Å²) in [7, 11) is 0. The van der Waals surface area contributed by atoms with E-state index in [1.165, 1.54) is 5.56 Å². The first kappa shape index (κ1) is 16.7. The molecule has 24 heavy (non-hydrogen) atoms. The quantitative estimate of drug-likeness (QED) is 0.828. The average Bonchev–Trinajstić information content (AvgIpc) is 2.62. The predicted molar refractivity (Wildman–Crippen MR) is 100.0 cm³/mol. The normalized spacial score (nSPS) is 16.6. The molecule has 1 fully saturated rings. The maximum absolute atomic E-state index is 12.8. The molecule has 0 aliphatic carbocycles. The number of carbonyl (C=O) groups excluding carboxylic acids is 1. The summed E-state index contributed by atoms with van der Waals surface area (Å²) in [6, 6.07) is 13.5. The number of aromatic nitrogens is 1. The minimum atomic E-state index is -0.0800. The fourth-order valence-corrected chi connectivity index (χ4v) is 3.60. The van der Waals surface area contributed by atoms with Crippen LogP contribution in [0.3, 0.4) is 0 Å². The van der Waals surface area contributed by atoms with Crippen molar-refractivity contribution < 1.29 is 4.79 Å². The lowest BCUT2D eigenvalue weighted by atomic mass is 10.0. The Bertz CT molecular complexity index is 743. The van der Waals surface area contributed by atoms with Crippen molar-refractivity contribution in [3.8, 4) is 0 Å². The number of aliphatic imine (C=N–C) groups is 1.